The van der Waals surface area contributed by atoms with Crippen LogP contribution >= 0.6 is 0 Å². The molecule has 2 aliphatic heterocycles. The molecule has 4 rings (SSSR count). The summed E-state index contributed by atoms with van der Waals surface area (Å²) >= 11 is 0. The highest BCUT2D eigenvalue weighted by Crippen LogP contribution is 2.28. The lowest BCUT2D eigenvalue weighted by Crippen LogP contribution is -2.43. The molecule has 29 heavy (non-hydrogen) atoms. The zero-order chi connectivity index (χ0) is 20.4. The van der Waals surface area contributed by atoms with Crippen LogP contribution in [0.15, 0.2) is 33.7 Å². The predicted molar refractivity (Wildman–Crippen MR) is 106 cm³/mol. The smallest absolute Gasteiger partial charge is 0.243 e. The van der Waals surface area contributed by atoms with E-state index in [0.29, 0.717) is 49.6 Å². The van der Waals surface area contributed by atoms with Crippen molar-refractivity contribution in [1.29, 1.82) is 0 Å². The van der Waals surface area contributed by atoms with Crippen molar-refractivity contribution < 1.29 is 17.7 Å². The Bertz CT molecular complexity index is 974. The van der Waals surface area contributed by atoms with Gasteiger partial charge in [-0.25, -0.2) is 8.42 Å². The Labute approximate surface area is 170 Å². The van der Waals surface area contributed by atoms with E-state index in [9.17, 15) is 13.2 Å². The van der Waals surface area contributed by atoms with E-state index in [1.54, 1.807) is 24.3 Å². The summed E-state index contributed by atoms with van der Waals surface area (Å²) in [4.78, 5) is 19.0. The molecule has 8 nitrogen and oxygen atoms in total. The van der Waals surface area contributed by atoms with Crippen molar-refractivity contribution in [2.24, 2.45) is 5.92 Å². The van der Waals surface area contributed by atoms with Gasteiger partial charge in [-0.1, -0.05) is 24.2 Å². The second-order valence-electron chi connectivity index (χ2n) is 7.60. The fourth-order valence-electron chi connectivity index (χ4n) is 4.00. The first kappa shape index (κ1) is 20.0. The van der Waals surface area contributed by atoms with Gasteiger partial charge >= 0.3 is 0 Å². The van der Waals surface area contributed by atoms with Gasteiger partial charge < -0.3 is 9.42 Å². The van der Waals surface area contributed by atoms with Crippen LogP contribution < -0.4 is 0 Å². The number of carbonyl (C=O) groups excluding carboxylic acids is 1. The molecular weight excluding hydrogens is 392 g/mol. The first-order valence-electron chi connectivity index (χ1n) is 10.2. The monoisotopic (exact) mass is 418 g/mol. The maximum Gasteiger partial charge on any atom is 0.243 e. The predicted octanol–water partition coefficient (Wildman–Crippen LogP) is 2.32. The summed E-state index contributed by atoms with van der Waals surface area (Å²) in [5, 5.41) is 3.92. The molecule has 2 aliphatic rings. The van der Waals surface area contributed by atoms with Gasteiger partial charge in [0.05, 0.1) is 4.90 Å². The van der Waals surface area contributed by atoms with Crippen LogP contribution in [0.2, 0.25) is 0 Å². The van der Waals surface area contributed by atoms with E-state index in [2.05, 4.69) is 10.1 Å². The molecule has 0 aliphatic carbocycles. The third-order valence-electron chi connectivity index (χ3n) is 5.72. The highest BCUT2D eigenvalue weighted by Gasteiger charge is 2.34. The summed E-state index contributed by atoms with van der Waals surface area (Å²) in [6, 6.07) is 6.63. The van der Waals surface area contributed by atoms with Crippen LogP contribution in [0.25, 0.3) is 11.4 Å². The number of hydrogen-bond acceptors (Lipinski definition) is 6. The number of sulfonamides is 1. The number of aryl methyl sites for hydroxylation is 1. The molecule has 1 aromatic heterocycles. The highest BCUT2D eigenvalue weighted by molar-refractivity contribution is 7.89. The number of rotatable bonds is 5. The lowest BCUT2D eigenvalue weighted by Gasteiger charge is -2.32. The normalized spacial score (nSPS) is 19.0. The van der Waals surface area contributed by atoms with Crippen molar-refractivity contribution in [3.8, 4) is 11.4 Å². The Morgan fingerprint density at radius 3 is 2.55 bits per heavy atom. The number of carbonyl (C=O) groups is 1. The second kappa shape index (κ2) is 8.23. The molecule has 156 valence electrons. The van der Waals surface area contributed by atoms with Crippen molar-refractivity contribution in [3.63, 3.8) is 0 Å². The Morgan fingerprint density at radius 2 is 1.90 bits per heavy atom. The minimum absolute atomic E-state index is 0.0716. The van der Waals surface area contributed by atoms with Gasteiger partial charge in [-0.3, -0.25) is 4.79 Å². The van der Waals surface area contributed by atoms with Gasteiger partial charge in [0.2, 0.25) is 27.6 Å². The van der Waals surface area contributed by atoms with Gasteiger partial charge in [0.1, 0.15) is 0 Å². The third-order valence-corrected chi connectivity index (χ3v) is 7.62. The summed E-state index contributed by atoms with van der Waals surface area (Å²) in [5.41, 5.74) is 0.605. The van der Waals surface area contributed by atoms with Gasteiger partial charge in [-0.2, -0.15) is 9.29 Å². The fraction of sp³-hybridized carbons (Fsp3) is 0.550. The molecule has 3 heterocycles. The molecule has 0 N–H and O–H groups in total. The Morgan fingerprint density at radius 1 is 1.17 bits per heavy atom. The maximum atomic E-state index is 13.1. The lowest BCUT2D eigenvalue weighted by molar-refractivity contribution is -0.135. The van der Waals surface area contributed by atoms with E-state index < -0.39 is 10.0 Å². The van der Waals surface area contributed by atoms with Crippen LogP contribution in [0.4, 0.5) is 0 Å². The average molecular weight is 419 g/mol. The number of benzene rings is 1. The fourth-order valence-corrected chi connectivity index (χ4v) is 5.52. The molecule has 0 saturated carbocycles. The molecule has 2 aromatic rings. The van der Waals surface area contributed by atoms with Gasteiger partial charge in [0, 0.05) is 44.1 Å². The van der Waals surface area contributed by atoms with Crippen molar-refractivity contribution >= 4 is 15.9 Å². The number of piperidine rings is 1. The van der Waals surface area contributed by atoms with Crippen molar-refractivity contribution in [2.75, 3.05) is 26.2 Å². The van der Waals surface area contributed by atoms with Gasteiger partial charge in [0.25, 0.3) is 0 Å². The quantitative estimate of drug-likeness (QED) is 0.739. The van der Waals surface area contributed by atoms with E-state index in [4.69, 9.17) is 4.52 Å². The largest absolute Gasteiger partial charge is 0.342 e. The minimum Gasteiger partial charge on any atom is -0.342 e. The summed E-state index contributed by atoms with van der Waals surface area (Å²) in [7, 11) is -3.64. The SMILES string of the molecule is CCc1nc(-c2cccc(S(=O)(=O)N3CCC(C(=O)N4CCCC4)CC3)c2)no1. The Hall–Kier alpha value is -2.26. The minimum atomic E-state index is -3.64. The summed E-state index contributed by atoms with van der Waals surface area (Å²) < 4.78 is 32.9. The third kappa shape index (κ3) is 4.06. The summed E-state index contributed by atoms with van der Waals surface area (Å²) in [6.07, 6.45) is 3.89. The molecule has 0 spiro atoms. The maximum absolute atomic E-state index is 13.1. The lowest BCUT2D eigenvalue weighted by atomic mass is 9.97. The number of nitrogens with zero attached hydrogens (tertiary/aromatic N) is 4. The molecule has 0 radical (unpaired) electrons. The van der Waals surface area contributed by atoms with E-state index in [1.165, 1.54) is 4.31 Å². The molecule has 0 bridgehead atoms. The topological polar surface area (TPSA) is 96.6 Å². The number of likely N-dealkylation sites (tertiary alicyclic amines) is 1. The van der Waals surface area contributed by atoms with E-state index in [0.717, 1.165) is 25.9 Å². The van der Waals surface area contributed by atoms with E-state index in [1.807, 2.05) is 11.8 Å². The average Bonchev–Trinajstić information content (AvgIpc) is 3.45. The van der Waals surface area contributed by atoms with Crippen molar-refractivity contribution in [2.45, 2.75) is 43.9 Å². The van der Waals surface area contributed by atoms with E-state index in [-0.39, 0.29) is 16.7 Å². The first-order chi connectivity index (χ1) is 14.0. The molecule has 0 atom stereocenters. The standard InChI is InChI=1S/C20H26N4O4S/c1-2-18-21-19(22-28-18)16-6-5-7-17(14-16)29(26,27)24-12-8-15(9-13-24)20(25)23-10-3-4-11-23/h5-7,14-15H,2-4,8-13H2,1H3. The van der Waals surface area contributed by atoms with Gasteiger partial charge in [-0.15, -0.1) is 0 Å². The Balaban J connectivity index is 1.46. The highest BCUT2D eigenvalue weighted by atomic mass is 32.2. The molecule has 2 fully saturated rings. The van der Waals surface area contributed by atoms with Crippen LogP contribution in [0.1, 0.15) is 38.5 Å². The van der Waals surface area contributed by atoms with Gasteiger partial charge in [-0.05, 0) is 37.8 Å². The molecule has 1 amide bonds. The molecule has 0 unspecified atom stereocenters. The molecular formula is C20H26N4O4S. The number of amides is 1. The van der Waals surface area contributed by atoms with Crippen LogP contribution in [-0.4, -0.2) is 59.8 Å². The molecule has 9 heteroatoms. The summed E-state index contributed by atoms with van der Waals surface area (Å²) in [6.45, 7) is 4.30. The Kier molecular flexibility index (Phi) is 5.69. The van der Waals surface area contributed by atoms with Crippen LogP contribution in [0, 0.1) is 5.92 Å². The van der Waals surface area contributed by atoms with Gasteiger partial charge in [0.15, 0.2) is 0 Å². The van der Waals surface area contributed by atoms with Crippen molar-refractivity contribution in [1.82, 2.24) is 19.3 Å². The second-order valence-corrected chi connectivity index (χ2v) is 9.54. The van der Waals surface area contributed by atoms with E-state index >= 15 is 0 Å². The zero-order valence-corrected chi connectivity index (χ0v) is 17.4. The number of hydrogen-bond donors (Lipinski definition) is 0. The molecule has 2 saturated heterocycles. The number of aromatic nitrogens is 2. The first-order valence-corrected chi connectivity index (χ1v) is 11.6. The zero-order valence-electron chi connectivity index (χ0n) is 16.6. The van der Waals surface area contributed by atoms with Crippen LogP contribution in [0.5, 0.6) is 0 Å². The van der Waals surface area contributed by atoms with Crippen LogP contribution in [-0.2, 0) is 21.2 Å². The van der Waals surface area contributed by atoms with Crippen LogP contribution in [0.3, 0.4) is 0 Å². The van der Waals surface area contributed by atoms with Crippen molar-refractivity contribution in [3.05, 3.63) is 30.2 Å². The summed E-state index contributed by atoms with van der Waals surface area (Å²) in [5.74, 6) is 1.01. The molecule has 1 aromatic carbocycles.